The summed E-state index contributed by atoms with van der Waals surface area (Å²) in [7, 11) is -3.73. The van der Waals surface area contributed by atoms with E-state index < -0.39 is 28.2 Å². The predicted octanol–water partition coefficient (Wildman–Crippen LogP) is 1.11. The molecule has 0 saturated carbocycles. The number of rotatable bonds is 3. The van der Waals surface area contributed by atoms with E-state index in [0.717, 1.165) is 6.26 Å². The first-order chi connectivity index (χ1) is 10.2. The van der Waals surface area contributed by atoms with Crippen LogP contribution in [0, 0.1) is 0 Å². The van der Waals surface area contributed by atoms with Gasteiger partial charge in [0.2, 0.25) is 0 Å². The zero-order chi connectivity index (χ0) is 16.1. The molecule has 0 spiro atoms. The minimum atomic E-state index is -3.73. The summed E-state index contributed by atoms with van der Waals surface area (Å²) >= 11 is 5.79. The third-order valence-electron chi connectivity index (χ3n) is 3.82. The molecule has 0 aromatic carbocycles. The molecule has 7 nitrogen and oxygen atoms in total. The lowest BCUT2D eigenvalue weighted by molar-refractivity contribution is 0.0537. The highest BCUT2D eigenvalue weighted by Crippen LogP contribution is 2.45. The summed E-state index contributed by atoms with van der Waals surface area (Å²) in [6, 6.07) is 1.43. The van der Waals surface area contributed by atoms with Gasteiger partial charge >= 0.3 is 0 Å². The van der Waals surface area contributed by atoms with Crippen LogP contribution in [0.25, 0.3) is 0 Å². The summed E-state index contributed by atoms with van der Waals surface area (Å²) in [5.41, 5.74) is -1.19. The van der Waals surface area contributed by atoms with Crippen LogP contribution in [0.1, 0.15) is 6.42 Å². The molecular weight excluding hydrogens is 342 g/mol. The Morgan fingerprint density at radius 3 is 2.91 bits per heavy atom. The number of nitrogens with zero attached hydrogens (tertiary/aromatic N) is 3. The smallest absolute Gasteiger partial charge is 0.264 e. The molecule has 1 aromatic rings. The minimum absolute atomic E-state index is 0.00805. The number of fused-ring (bicyclic) bond motifs is 3. The molecule has 122 valence electrons. The minimum Gasteiger partial charge on any atom is -0.364 e. The first kappa shape index (κ1) is 15.6. The quantitative estimate of drug-likeness (QED) is 0.814. The standard InChI is InChI=1S/C11H13ClF2N4O3S/c1-22(19,20)21-6-3-11(10(13)14)5-15-9-7(18(11)4-6)2-8(12)16-17-9/h2,6,10H,3-5H2,1H3,(H,15,17)/t6-,11+/m0/s1. The van der Waals surface area contributed by atoms with Gasteiger partial charge in [0.05, 0.1) is 18.0 Å². The van der Waals surface area contributed by atoms with Crippen molar-refractivity contribution in [2.75, 3.05) is 29.6 Å². The van der Waals surface area contributed by atoms with Gasteiger partial charge in [0, 0.05) is 25.6 Å². The predicted molar refractivity (Wildman–Crippen MR) is 75.9 cm³/mol. The normalized spacial score (nSPS) is 27.5. The van der Waals surface area contributed by atoms with Gasteiger partial charge in [-0.1, -0.05) is 11.6 Å². The number of alkyl halides is 2. The van der Waals surface area contributed by atoms with Gasteiger partial charge in [-0.2, -0.15) is 8.42 Å². The Hall–Kier alpha value is -1.26. The van der Waals surface area contributed by atoms with Gasteiger partial charge in [0.25, 0.3) is 16.5 Å². The molecule has 11 heteroatoms. The van der Waals surface area contributed by atoms with E-state index in [0.29, 0.717) is 11.5 Å². The summed E-state index contributed by atoms with van der Waals surface area (Å²) in [6.07, 6.45) is -2.78. The molecule has 2 aliphatic heterocycles. The summed E-state index contributed by atoms with van der Waals surface area (Å²) in [5.74, 6) is 0.334. The van der Waals surface area contributed by atoms with Gasteiger partial charge in [0.1, 0.15) is 5.54 Å². The van der Waals surface area contributed by atoms with Crippen molar-refractivity contribution in [2.45, 2.75) is 24.5 Å². The van der Waals surface area contributed by atoms with Gasteiger partial charge < -0.3 is 10.2 Å². The lowest BCUT2D eigenvalue weighted by Crippen LogP contribution is -2.57. The molecule has 2 aliphatic rings. The highest BCUT2D eigenvalue weighted by Gasteiger charge is 2.56. The van der Waals surface area contributed by atoms with Gasteiger partial charge in [0.15, 0.2) is 11.0 Å². The van der Waals surface area contributed by atoms with Crippen LogP contribution in [-0.2, 0) is 14.3 Å². The lowest BCUT2D eigenvalue weighted by Gasteiger charge is -2.43. The maximum absolute atomic E-state index is 13.7. The van der Waals surface area contributed by atoms with Crippen molar-refractivity contribution >= 4 is 33.2 Å². The van der Waals surface area contributed by atoms with Crippen LogP contribution < -0.4 is 10.2 Å². The van der Waals surface area contributed by atoms with E-state index >= 15 is 0 Å². The number of nitrogens with one attached hydrogen (secondary N) is 1. The van der Waals surface area contributed by atoms with Gasteiger partial charge in [-0.25, -0.2) is 8.78 Å². The van der Waals surface area contributed by atoms with Crippen molar-refractivity contribution in [1.29, 1.82) is 0 Å². The van der Waals surface area contributed by atoms with E-state index in [-0.39, 0.29) is 24.7 Å². The Labute approximate surface area is 130 Å². The van der Waals surface area contributed by atoms with Crippen LogP contribution in [0.5, 0.6) is 0 Å². The van der Waals surface area contributed by atoms with E-state index in [1.807, 2.05) is 0 Å². The van der Waals surface area contributed by atoms with E-state index in [9.17, 15) is 17.2 Å². The second kappa shape index (κ2) is 5.14. The number of aromatic nitrogens is 2. The topological polar surface area (TPSA) is 84.4 Å². The van der Waals surface area contributed by atoms with Gasteiger partial charge in [-0.3, -0.25) is 4.18 Å². The maximum Gasteiger partial charge on any atom is 0.264 e. The molecule has 1 aromatic heterocycles. The van der Waals surface area contributed by atoms with Crippen molar-refractivity contribution in [2.24, 2.45) is 0 Å². The fraction of sp³-hybridized carbons (Fsp3) is 0.636. The molecule has 0 bridgehead atoms. The van der Waals surface area contributed by atoms with E-state index in [4.69, 9.17) is 15.8 Å². The van der Waals surface area contributed by atoms with E-state index in [1.165, 1.54) is 11.0 Å². The van der Waals surface area contributed by atoms with Crippen molar-refractivity contribution in [3.05, 3.63) is 11.2 Å². The average molecular weight is 355 g/mol. The molecule has 3 rings (SSSR count). The molecule has 0 amide bonds. The van der Waals surface area contributed by atoms with Crippen molar-refractivity contribution in [3.63, 3.8) is 0 Å². The first-order valence-corrected chi connectivity index (χ1v) is 8.62. The Balaban J connectivity index is 2.01. The third kappa shape index (κ3) is 2.59. The lowest BCUT2D eigenvalue weighted by atomic mass is 9.93. The zero-order valence-electron chi connectivity index (χ0n) is 11.5. The number of hydrogen-bond acceptors (Lipinski definition) is 7. The maximum atomic E-state index is 13.7. The summed E-state index contributed by atoms with van der Waals surface area (Å²) in [6.45, 7) is -0.0777. The van der Waals surface area contributed by atoms with Gasteiger partial charge in [-0.05, 0) is 0 Å². The average Bonchev–Trinajstić information content (AvgIpc) is 2.76. The van der Waals surface area contributed by atoms with Crippen molar-refractivity contribution in [1.82, 2.24) is 10.2 Å². The summed E-state index contributed by atoms with van der Waals surface area (Å²) in [5, 5.41) is 10.4. The van der Waals surface area contributed by atoms with Crippen LogP contribution >= 0.6 is 11.6 Å². The first-order valence-electron chi connectivity index (χ1n) is 6.42. The Kier molecular flexibility index (Phi) is 3.65. The van der Waals surface area contributed by atoms with Crippen LogP contribution in [-0.4, -0.2) is 56.0 Å². The van der Waals surface area contributed by atoms with E-state index in [2.05, 4.69) is 15.5 Å². The molecular formula is C11H13ClF2N4O3S. The zero-order valence-corrected chi connectivity index (χ0v) is 13.0. The van der Waals surface area contributed by atoms with Crippen LogP contribution in [0.4, 0.5) is 20.3 Å². The molecule has 3 heterocycles. The molecule has 1 saturated heterocycles. The highest BCUT2D eigenvalue weighted by molar-refractivity contribution is 7.86. The Morgan fingerprint density at radius 1 is 1.55 bits per heavy atom. The Morgan fingerprint density at radius 2 is 2.27 bits per heavy atom. The summed E-state index contributed by atoms with van der Waals surface area (Å²) in [4.78, 5) is 1.42. The van der Waals surface area contributed by atoms with Crippen LogP contribution in [0.2, 0.25) is 5.15 Å². The molecule has 2 atom stereocenters. The van der Waals surface area contributed by atoms with E-state index in [1.54, 1.807) is 0 Å². The SMILES string of the molecule is CS(=O)(=O)O[C@@H]1CN2c3cc(Cl)nnc3NC[C@@]2(C(F)F)C1. The fourth-order valence-electron chi connectivity index (χ4n) is 2.98. The molecule has 0 unspecified atom stereocenters. The largest absolute Gasteiger partial charge is 0.364 e. The van der Waals surface area contributed by atoms with Crippen LogP contribution in [0.15, 0.2) is 6.07 Å². The molecule has 22 heavy (non-hydrogen) atoms. The highest BCUT2D eigenvalue weighted by atomic mass is 35.5. The fourth-order valence-corrected chi connectivity index (χ4v) is 3.75. The third-order valence-corrected chi connectivity index (χ3v) is 4.63. The monoisotopic (exact) mass is 354 g/mol. The second-order valence-corrected chi connectivity index (χ2v) is 7.38. The molecule has 0 radical (unpaired) electrons. The number of halogens is 3. The second-order valence-electron chi connectivity index (χ2n) is 5.40. The van der Waals surface area contributed by atoms with Crippen molar-refractivity contribution < 1.29 is 21.4 Å². The van der Waals surface area contributed by atoms with Crippen LogP contribution in [0.3, 0.4) is 0 Å². The van der Waals surface area contributed by atoms with Gasteiger partial charge in [-0.15, -0.1) is 10.2 Å². The molecule has 0 aliphatic carbocycles. The molecule has 1 N–H and O–H groups in total. The number of anilines is 2. The van der Waals surface area contributed by atoms with Crippen molar-refractivity contribution in [3.8, 4) is 0 Å². The molecule has 1 fully saturated rings. The Bertz CT molecular complexity index is 705. The number of hydrogen-bond donors (Lipinski definition) is 1. The summed E-state index contributed by atoms with van der Waals surface area (Å²) < 4.78 is 54.9.